The van der Waals surface area contributed by atoms with Gasteiger partial charge in [-0.3, -0.25) is 0 Å². The largest absolute Gasteiger partial charge is 0.458 e. The van der Waals surface area contributed by atoms with Gasteiger partial charge in [0.2, 0.25) is 0 Å². The minimum Gasteiger partial charge on any atom is -0.458 e. The molecule has 2 aliphatic rings. The van der Waals surface area contributed by atoms with Gasteiger partial charge in [-0.05, 0) is 37.5 Å². The van der Waals surface area contributed by atoms with Crippen molar-refractivity contribution in [3.05, 3.63) is 17.5 Å². The molecule has 2 aliphatic carbocycles. The van der Waals surface area contributed by atoms with Crippen molar-refractivity contribution in [1.29, 1.82) is 0 Å². The van der Waals surface area contributed by atoms with E-state index < -0.39 is 0 Å². The van der Waals surface area contributed by atoms with E-state index in [0.717, 1.165) is 12.8 Å². The van der Waals surface area contributed by atoms with Crippen LogP contribution in [0, 0.1) is 23.7 Å². The molecule has 104 valence electrons. The highest BCUT2D eigenvalue weighted by Crippen LogP contribution is 2.66. The Balaban J connectivity index is 1.79. The van der Waals surface area contributed by atoms with Crippen molar-refractivity contribution >= 4 is 5.97 Å². The van der Waals surface area contributed by atoms with Crippen LogP contribution in [0.3, 0.4) is 0 Å². The van der Waals surface area contributed by atoms with Gasteiger partial charge in [-0.2, -0.15) is 0 Å². The fourth-order valence-corrected chi connectivity index (χ4v) is 4.00. The molecular weight excluding hydrogens is 242 g/mol. The maximum absolute atomic E-state index is 12.2. The molecule has 2 bridgehead atoms. The van der Waals surface area contributed by atoms with E-state index in [-0.39, 0.29) is 22.9 Å². The van der Waals surface area contributed by atoms with Crippen molar-refractivity contribution in [3.63, 3.8) is 0 Å². The number of aryl methyl sites for hydroxylation is 1. The molecule has 2 fully saturated rings. The highest BCUT2D eigenvalue weighted by atomic mass is 16.5. The molecule has 4 nitrogen and oxygen atoms in total. The lowest BCUT2D eigenvalue weighted by molar-refractivity contribution is -0.0243. The zero-order chi connectivity index (χ0) is 13.8. The maximum Gasteiger partial charge on any atom is 0.343 e. The van der Waals surface area contributed by atoms with Gasteiger partial charge in [-0.1, -0.05) is 25.9 Å². The third kappa shape index (κ3) is 1.58. The van der Waals surface area contributed by atoms with Crippen molar-refractivity contribution in [2.45, 2.75) is 53.1 Å². The molecule has 0 aromatic carbocycles. The first-order valence-corrected chi connectivity index (χ1v) is 6.98. The molecule has 0 radical (unpaired) electrons. The average molecular weight is 263 g/mol. The van der Waals surface area contributed by atoms with Gasteiger partial charge in [0, 0.05) is 5.41 Å². The molecular formula is C15H21NO3. The number of rotatable bonds is 2. The van der Waals surface area contributed by atoms with Crippen LogP contribution < -0.4 is 0 Å². The summed E-state index contributed by atoms with van der Waals surface area (Å²) in [5, 5.41) is 3.64. The van der Waals surface area contributed by atoms with E-state index in [9.17, 15) is 4.79 Å². The number of hydrogen-bond acceptors (Lipinski definition) is 4. The number of carbonyl (C=O) groups excluding carboxylic acids is 1. The van der Waals surface area contributed by atoms with Crippen molar-refractivity contribution < 1.29 is 14.1 Å². The van der Waals surface area contributed by atoms with Gasteiger partial charge in [0.15, 0.2) is 0 Å². The number of hydrogen-bond donors (Lipinski definition) is 0. The minimum atomic E-state index is -0.298. The standard InChI is InChI=1S/C15H21NO3/c1-9-11(8-16-19-9)13(17)18-12-7-10-5-6-15(12,4)14(10,2)3/h8,10,12H,5-7H2,1-4H3. The second-order valence-corrected chi connectivity index (χ2v) is 6.80. The minimum absolute atomic E-state index is 0.0167. The Morgan fingerprint density at radius 3 is 2.68 bits per heavy atom. The maximum atomic E-state index is 12.2. The lowest BCUT2D eigenvalue weighted by Crippen LogP contribution is -2.38. The highest BCUT2D eigenvalue weighted by molar-refractivity contribution is 5.90. The summed E-state index contributed by atoms with van der Waals surface area (Å²) in [6.45, 7) is 8.61. The van der Waals surface area contributed by atoms with Gasteiger partial charge in [0.25, 0.3) is 0 Å². The summed E-state index contributed by atoms with van der Waals surface area (Å²) >= 11 is 0. The van der Waals surface area contributed by atoms with Crippen LogP contribution in [-0.4, -0.2) is 17.2 Å². The third-order valence-electron chi connectivity index (χ3n) is 5.93. The van der Waals surface area contributed by atoms with E-state index in [2.05, 4.69) is 25.9 Å². The van der Waals surface area contributed by atoms with Crippen LogP contribution >= 0.6 is 0 Å². The molecule has 1 aromatic heterocycles. The van der Waals surface area contributed by atoms with Gasteiger partial charge < -0.3 is 9.26 Å². The van der Waals surface area contributed by atoms with Crippen LogP contribution in [0.15, 0.2) is 10.7 Å². The van der Waals surface area contributed by atoms with Crippen molar-refractivity contribution in [3.8, 4) is 0 Å². The summed E-state index contributed by atoms with van der Waals surface area (Å²) in [5.41, 5.74) is 0.796. The van der Waals surface area contributed by atoms with E-state index in [4.69, 9.17) is 9.26 Å². The van der Waals surface area contributed by atoms with Gasteiger partial charge in [-0.25, -0.2) is 4.79 Å². The molecule has 0 aliphatic heterocycles. The van der Waals surface area contributed by atoms with Crippen molar-refractivity contribution in [2.24, 2.45) is 16.7 Å². The zero-order valence-electron chi connectivity index (χ0n) is 12.0. The summed E-state index contributed by atoms with van der Waals surface area (Å²) in [6, 6.07) is 0. The number of esters is 1. The second-order valence-electron chi connectivity index (χ2n) is 6.80. The van der Waals surface area contributed by atoms with Crippen molar-refractivity contribution in [2.75, 3.05) is 0 Å². The van der Waals surface area contributed by atoms with Crippen LogP contribution in [0.25, 0.3) is 0 Å². The highest BCUT2D eigenvalue weighted by Gasteiger charge is 2.62. The molecule has 3 unspecified atom stereocenters. The number of fused-ring (bicyclic) bond motifs is 2. The first-order chi connectivity index (χ1) is 8.86. The fourth-order valence-electron chi connectivity index (χ4n) is 4.00. The first-order valence-electron chi connectivity index (χ1n) is 6.98. The Kier molecular flexibility index (Phi) is 2.57. The van der Waals surface area contributed by atoms with Gasteiger partial charge in [0.1, 0.15) is 17.4 Å². The summed E-state index contributed by atoms with van der Waals surface area (Å²) in [4.78, 5) is 12.2. The summed E-state index contributed by atoms with van der Waals surface area (Å²) in [5.74, 6) is 0.893. The molecule has 0 spiro atoms. The van der Waals surface area contributed by atoms with Crippen LogP contribution in [-0.2, 0) is 4.74 Å². The second kappa shape index (κ2) is 3.84. The van der Waals surface area contributed by atoms with Crippen LogP contribution in [0.5, 0.6) is 0 Å². The van der Waals surface area contributed by atoms with E-state index in [1.807, 2.05) is 0 Å². The lowest BCUT2D eigenvalue weighted by atomic mass is 9.70. The van der Waals surface area contributed by atoms with Gasteiger partial charge in [-0.15, -0.1) is 0 Å². The normalized spacial score (nSPS) is 35.6. The number of ether oxygens (including phenoxy) is 1. The van der Waals surface area contributed by atoms with E-state index in [1.54, 1.807) is 6.92 Å². The predicted octanol–water partition coefficient (Wildman–Crippen LogP) is 3.35. The Hall–Kier alpha value is -1.32. The first kappa shape index (κ1) is 12.7. The van der Waals surface area contributed by atoms with Crippen LogP contribution in [0.1, 0.15) is 56.2 Å². The molecule has 1 heterocycles. The Bertz CT molecular complexity index is 519. The smallest absolute Gasteiger partial charge is 0.343 e. The molecule has 4 heteroatoms. The third-order valence-corrected chi connectivity index (χ3v) is 5.93. The molecule has 0 N–H and O–H groups in total. The average Bonchev–Trinajstić information content (AvgIpc) is 2.90. The molecule has 0 saturated heterocycles. The SMILES string of the molecule is Cc1oncc1C(=O)OC1CC2CCC1(C)C2(C)C. The summed E-state index contributed by atoms with van der Waals surface area (Å²) in [7, 11) is 0. The van der Waals surface area contributed by atoms with E-state index >= 15 is 0 Å². The number of aromatic nitrogens is 1. The topological polar surface area (TPSA) is 52.3 Å². The Morgan fingerprint density at radius 2 is 2.21 bits per heavy atom. The molecule has 3 atom stereocenters. The zero-order valence-corrected chi connectivity index (χ0v) is 12.0. The van der Waals surface area contributed by atoms with Crippen LogP contribution in [0.2, 0.25) is 0 Å². The Morgan fingerprint density at radius 1 is 1.47 bits per heavy atom. The predicted molar refractivity (Wildman–Crippen MR) is 69.7 cm³/mol. The van der Waals surface area contributed by atoms with Crippen LogP contribution in [0.4, 0.5) is 0 Å². The number of nitrogens with zero attached hydrogens (tertiary/aromatic N) is 1. The fraction of sp³-hybridized carbons (Fsp3) is 0.733. The molecule has 2 saturated carbocycles. The Labute approximate surface area is 113 Å². The van der Waals surface area contributed by atoms with E-state index in [0.29, 0.717) is 17.2 Å². The quantitative estimate of drug-likeness (QED) is 0.768. The molecule has 19 heavy (non-hydrogen) atoms. The molecule has 3 rings (SSSR count). The number of carbonyl (C=O) groups is 1. The van der Waals surface area contributed by atoms with Gasteiger partial charge >= 0.3 is 5.97 Å². The lowest BCUT2D eigenvalue weighted by Gasteiger charge is -2.38. The van der Waals surface area contributed by atoms with E-state index in [1.165, 1.54) is 12.6 Å². The molecule has 0 amide bonds. The van der Waals surface area contributed by atoms with Crippen molar-refractivity contribution in [1.82, 2.24) is 5.16 Å². The summed E-state index contributed by atoms with van der Waals surface area (Å²) in [6.07, 6.45) is 4.84. The van der Waals surface area contributed by atoms with Gasteiger partial charge in [0.05, 0.1) is 6.20 Å². The monoisotopic (exact) mass is 263 g/mol. The summed E-state index contributed by atoms with van der Waals surface area (Å²) < 4.78 is 10.7. The molecule has 1 aromatic rings.